The largest absolute Gasteiger partial charge is 0.372 e. The van der Waals surface area contributed by atoms with Crippen molar-refractivity contribution < 1.29 is 4.79 Å². The smallest absolute Gasteiger partial charge is 0.272 e. The summed E-state index contributed by atoms with van der Waals surface area (Å²) in [6, 6.07) is 9.95. The Bertz CT molecular complexity index is 751. The van der Waals surface area contributed by atoms with Crippen LogP contribution in [-0.2, 0) is 0 Å². The molecular formula is C20H28N6O. The molecule has 0 aliphatic carbocycles. The summed E-state index contributed by atoms with van der Waals surface area (Å²) in [5.74, 6) is 0.587. The molecule has 0 radical (unpaired) electrons. The third-order valence-corrected chi connectivity index (χ3v) is 4.94. The summed E-state index contributed by atoms with van der Waals surface area (Å²) < 4.78 is 0. The first-order valence-corrected chi connectivity index (χ1v) is 9.52. The highest BCUT2D eigenvalue weighted by Gasteiger charge is 2.21. The van der Waals surface area contributed by atoms with Crippen molar-refractivity contribution in [3.63, 3.8) is 0 Å². The summed E-state index contributed by atoms with van der Waals surface area (Å²) in [4.78, 5) is 27.5. The first-order chi connectivity index (χ1) is 13.1. The second kappa shape index (κ2) is 8.81. The summed E-state index contributed by atoms with van der Waals surface area (Å²) in [6.07, 6.45) is 1.44. The number of anilines is 3. The molecule has 1 N–H and O–H groups in total. The number of aromatic nitrogens is 2. The molecule has 0 bridgehead atoms. The number of benzene rings is 1. The van der Waals surface area contributed by atoms with Crippen molar-refractivity contribution in [2.75, 3.05) is 56.5 Å². The predicted molar refractivity (Wildman–Crippen MR) is 109 cm³/mol. The Hall–Kier alpha value is -2.67. The second-order valence-corrected chi connectivity index (χ2v) is 6.73. The minimum Gasteiger partial charge on any atom is -0.372 e. The lowest BCUT2D eigenvalue weighted by molar-refractivity contribution is 0.0658. The molecule has 1 saturated heterocycles. The summed E-state index contributed by atoms with van der Waals surface area (Å²) >= 11 is 0. The number of nitrogens with zero attached hydrogens (tertiary/aromatic N) is 5. The van der Waals surface area contributed by atoms with E-state index in [4.69, 9.17) is 0 Å². The van der Waals surface area contributed by atoms with Crippen LogP contribution >= 0.6 is 0 Å². The standard InChI is InChI=1S/C20H28N6O/c1-4-25(5-2)17-8-6-16(7-9-17)23-19-14-18(21-15-22-19)20(27)26-12-10-24(3)11-13-26/h6-9,14-15H,4-5,10-13H2,1-3H3,(H,21,22,23). The number of nitrogens with one attached hydrogen (secondary N) is 1. The van der Waals surface area contributed by atoms with Gasteiger partial charge in [0.25, 0.3) is 5.91 Å². The van der Waals surface area contributed by atoms with Gasteiger partial charge in [0.05, 0.1) is 0 Å². The van der Waals surface area contributed by atoms with Gasteiger partial charge in [-0.1, -0.05) is 0 Å². The average molecular weight is 368 g/mol. The summed E-state index contributed by atoms with van der Waals surface area (Å²) in [5, 5.41) is 3.26. The van der Waals surface area contributed by atoms with Gasteiger partial charge in [0.1, 0.15) is 17.8 Å². The molecule has 1 aromatic heterocycles. The molecule has 2 heterocycles. The number of carbonyl (C=O) groups is 1. The number of piperazine rings is 1. The van der Waals surface area contributed by atoms with Gasteiger partial charge in [-0.3, -0.25) is 4.79 Å². The van der Waals surface area contributed by atoms with E-state index in [0.29, 0.717) is 11.5 Å². The van der Waals surface area contributed by atoms with E-state index >= 15 is 0 Å². The van der Waals surface area contributed by atoms with Crippen LogP contribution in [0, 0.1) is 0 Å². The summed E-state index contributed by atoms with van der Waals surface area (Å²) in [7, 11) is 2.07. The molecule has 0 saturated carbocycles. The van der Waals surface area contributed by atoms with Crippen molar-refractivity contribution in [1.82, 2.24) is 19.8 Å². The fourth-order valence-corrected chi connectivity index (χ4v) is 3.21. The second-order valence-electron chi connectivity index (χ2n) is 6.73. The lowest BCUT2D eigenvalue weighted by atomic mass is 10.2. The number of rotatable bonds is 6. The summed E-state index contributed by atoms with van der Waals surface area (Å²) in [6.45, 7) is 9.50. The van der Waals surface area contributed by atoms with E-state index in [1.807, 2.05) is 17.0 Å². The first kappa shape index (κ1) is 19.1. The van der Waals surface area contributed by atoms with E-state index in [2.05, 4.69) is 58.1 Å². The zero-order valence-corrected chi connectivity index (χ0v) is 16.4. The molecular weight excluding hydrogens is 340 g/mol. The van der Waals surface area contributed by atoms with Gasteiger partial charge >= 0.3 is 0 Å². The third kappa shape index (κ3) is 4.74. The van der Waals surface area contributed by atoms with E-state index in [9.17, 15) is 4.79 Å². The number of hydrogen-bond donors (Lipinski definition) is 1. The minimum absolute atomic E-state index is 0.0366. The van der Waals surface area contributed by atoms with Crippen molar-refractivity contribution in [2.45, 2.75) is 13.8 Å². The number of hydrogen-bond acceptors (Lipinski definition) is 6. The van der Waals surface area contributed by atoms with E-state index < -0.39 is 0 Å². The highest BCUT2D eigenvalue weighted by molar-refractivity contribution is 5.93. The van der Waals surface area contributed by atoms with Gasteiger partial charge in [-0.2, -0.15) is 0 Å². The lowest BCUT2D eigenvalue weighted by Gasteiger charge is -2.32. The van der Waals surface area contributed by atoms with Gasteiger partial charge in [0.2, 0.25) is 0 Å². The van der Waals surface area contributed by atoms with Crippen LogP contribution in [0.3, 0.4) is 0 Å². The molecule has 0 unspecified atom stereocenters. The van der Waals surface area contributed by atoms with Crippen molar-refractivity contribution in [1.29, 1.82) is 0 Å². The van der Waals surface area contributed by atoms with Crippen molar-refractivity contribution in [3.8, 4) is 0 Å². The Kier molecular flexibility index (Phi) is 6.24. The Morgan fingerprint density at radius 1 is 1.07 bits per heavy atom. The zero-order valence-electron chi connectivity index (χ0n) is 16.4. The molecule has 0 spiro atoms. The molecule has 1 aliphatic rings. The lowest BCUT2D eigenvalue weighted by Crippen LogP contribution is -2.47. The molecule has 144 valence electrons. The van der Waals surface area contributed by atoms with Gasteiger partial charge in [0, 0.05) is 56.7 Å². The number of likely N-dealkylation sites (N-methyl/N-ethyl adjacent to an activating group) is 1. The van der Waals surface area contributed by atoms with Gasteiger partial charge in [0.15, 0.2) is 0 Å². The Labute approximate surface area is 161 Å². The van der Waals surface area contributed by atoms with Crippen LogP contribution in [0.4, 0.5) is 17.2 Å². The maximum atomic E-state index is 12.7. The van der Waals surface area contributed by atoms with Crippen molar-refractivity contribution >= 4 is 23.1 Å². The summed E-state index contributed by atoms with van der Waals surface area (Å²) in [5.41, 5.74) is 2.55. The van der Waals surface area contributed by atoms with Crippen LogP contribution in [0.1, 0.15) is 24.3 Å². The van der Waals surface area contributed by atoms with Crippen LogP contribution in [0.25, 0.3) is 0 Å². The molecule has 7 nitrogen and oxygen atoms in total. The maximum absolute atomic E-state index is 12.7. The molecule has 1 aliphatic heterocycles. The quantitative estimate of drug-likeness (QED) is 0.845. The van der Waals surface area contributed by atoms with Gasteiger partial charge in [-0.05, 0) is 45.2 Å². The maximum Gasteiger partial charge on any atom is 0.272 e. The normalized spacial score (nSPS) is 14.9. The molecule has 1 aromatic carbocycles. The zero-order chi connectivity index (χ0) is 19.2. The highest BCUT2D eigenvalue weighted by Crippen LogP contribution is 2.20. The molecule has 1 amide bonds. The average Bonchev–Trinajstić information content (AvgIpc) is 2.70. The highest BCUT2D eigenvalue weighted by atomic mass is 16.2. The third-order valence-electron chi connectivity index (χ3n) is 4.94. The molecule has 2 aromatic rings. The first-order valence-electron chi connectivity index (χ1n) is 9.52. The van der Waals surface area contributed by atoms with E-state index in [-0.39, 0.29) is 5.91 Å². The SMILES string of the molecule is CCN(CC)c1ccc(Nc2cc(C(=O)N3CCN(C)CC3)ncn2)cc1. The fourth-order valence-electron chi connectivity index (χ4n) is 3.21. The topological polar surface area (TPSA) is 64.6 Å². The van der Waals surface area contributed by atoms with Crippen molar-refractivity contribution in [2.24, 2.45) is 0 Å². The molecule has 0 atom stereocenters. The van der Waals surface area contributed by atoms with Crippen LogP contribution in [-0.4, -0.2) is 72.0 Å². The number of amides is 1. The van der Waals surface area contributed by atoms with Crippen LogP contribution < -0.4 is 10.2 Å². The molecule has 27 heavy (non-hydrogen) atoms. The Morgan fingerprint density at radius 2 is 1.74 bits per heavy atom. The molecule has 3 rings (SSSR count). The van der Waals surface area contributed by atoms with Crippen LogP contribution in [0.2, 0.25) is 0 Å². The Balaban J connectivity index is 1.68. The van der Waals surface area contributed by atoms with E-state index in [1.54, 1.807) is 6.07 Å². The predicted octanol–water partition coefficient (Wildman–Crippen LogP) is 2.45. The van der Waals surface area contributed by atoms with Crippen LogP contribution in [0.15, 0.2) is 36.7 Å². The Morgan fingerprint density at radius 3 is 2.37 bits per heavy atom. The van der Waals surface area contributed by atoms with E-state index in [0.717, 1.165) is 45.0 Å². The fraction of sp³-hybridized carbons (Fsp3) is 0.450. The van der Waals surface area contributed by atoms with Gasteiger partial charge in [-0.15, -0.1) is 0 Å². The van der Waals surface area contributed by atoms with Gasteiger partial charge in [-0.25, -0.2) is 9.97 Å². The molecule has 1 fully saturated rings. The van der Waals surface area contributed by atoms with E-state index in [1.165, 1.54) is 12.0 Å². The van der Waals surface area contributed by atoms with Crippen molar-refractivity contribution in [3.05, 3.63) is 42.4 Å². The minimum atomic E-state index is -0.0366. The van der Waals surface area contributed by atoms with Gasteiger partial charge < -0.3 is 20.0 Å². The monoisotopic (exact) mass is 368 g/mol. The number of carbonyl (C=O) groups excluding carboxylic acids is 1. The molecule has 7 heteroatoms. The van der Waals surface area contributed by atoms with Crippen LogP contribution in [0.5, 0.6) is 0 Å².